The maximum Gasteiger partial charge on any atom is 0.296 e. The minimum Gasteiger partial charge on any atom is -0.491 e. The van der Waals surface area contributed by atoms with Crippen molar-refractivity contribution >= 4 is 22.8 Å². The molecule has 5 rings (SSSR count). The van der Waals surface area contributed by atoms with Crippen LogP contribution >= 0.6 is 11.6 Å². The van der Waals surface area contributed by atoms with E-state index in [-0.39, 0.29) is 18.3 Å². The number of imidazole rings is 1. The van der Waals surface area contributed by atoms with Crippen LogP contribution in [0.5, 0.6) is 11.8 Å². The minimum atomic E-state index is -0.182. The van der Waals surface area contributed by atoms with Gasteiger partial charge in [0, 0.05) is 19.3 Å². The molecule has 0 radical (unpaired) electrons. The summed E-state index contributed by atoms with van der Waals surface area (Å²) in [4.78, 5) is 12.3. The summed E-state index contributed by atoms with van der Waals surface area (Å²) < 4.78 is 28.0. The highest BCUT2D eigenvalue weighted by Crippen LogP contribution is 2.32. The number of fused-ring (bicyclic) bond motifs is 2. The average Bonchev–Trinajstić information content (AvgIpc) is 3.45. The van der Waals surface area contributed by atoms with Gasteiger partial charge in [-0.1, -0.05) is 11.6 Å². The summed E-state index contributed by atoms with van der Waals surface area (Å²) in [5, 5.41) is 0.522. The van der Waals surface area contributed by atoms with Crippen LogP contribution in [0.2, 0.25) is 5.02 Å². The molecule has 30 heavy (non-hydrogen) atoms. The van der Waals surface area contributed by atoms with Gasteiger partial charge in [-0.25, -0.2) is 4.98 Å². The van der Waals surface area contributed by atoms with Crippen molar-refractivity contribution in [1.82, 2.24) is 15.0 Å². The highest BCUT2D eigenvalue weighted by molar-refractivity contribution is 6.33. The van der Waals surface area contributed by atoms with Crippen LogP contribution in [0.25, 0.3) is 22.4 Å². The van der Waals surface area contributed by atoms with E-state index in [2.05, 4.69) is 15.0 Å². The lowest BCUT2D eigenvalue weighted by molar-refractivity contribution is 0.0273. The topological polar surface area (TPSA) is 87.7 Å². The zero-order valence-electron chi connectivity index (χ0n) is 16.5. The van der Waals surface area contributed by atoms with Crippen LogP contribution in [0.1, 0.15) is 6.42 Å². The van der Waals surface area contributed by atoms with Gasteiger partial charge in [-0.05, 0) is 36.8 Å². The molecule has 0 amide bonds. The first-order valence-corrected chi connectivity index (χ1v) is 10.3. The molecule has 4 heterocycles. The standard InChI is InChI=1S/C21H22ClN3O5/c1-26-8-9-27-13-4-2-12(3-5-13)18-14(22)10-15-20(24-18)25-21(23-15)30-17-11-29-16-6-7-28-19(16)17/h2-5,10,16-17,19H,6-9,11H2,1H3,(H,23,24,25). The van der Waals surface area contributed by atoms with Gasteiger partial charge in [-0.15, -0.1) is 0 Å². The monoisotopic (exact) mass is 431 g/mol. The predicted octanol–water partition coefficient (Wildman–Crippen LogP) is 3.24. The fraction of sp³-hybridized carbons (Fsp3) is 0.429. The number of hydrogen-bond donors (Lipinski definition) is 1. The Morgan fingerprint density at radius 3 is 2.87 bits per heavy atom. The lowest BCUT2D eigenvalue weighted by Gasteiger charge is -2.15. The van der Waals surface area contributed by atoms with Crippen molar-refractivity contribution in [2.45, 2.75) is 24.7 Å². The molecule has 8 nitrogen and oxygen atoms in total. The van der Waals surface area contributed by atoms with Gasteiger partial charge in [0.1, 0.15) is 18.5 Å². The summed E-state index contributed by atoms with van der Waals surface area (Å²) in [7, 11) is 1.64. The number of benzene rings is 1. The molecule has 1 N–H and O–H groups in total. The van der Waals surface area contributed by atoms with Crippen LogP contribution in [0.3, 0.4) is 0 Å². The summed E-state index contributed by atoms with van der Waals surface area (Å²) in [5.41, 5.74) is 2.76. The zero-order chi connectivity index (χ0) is 20.5. The van der Waals surface area contributed by atoms with Crippen LogP contribution in [0, 0.1) is 0 Å². The summed E-state index contributed by atoms with van der Waals surface area (Å²) in [6.45, 7) is 2.22. The van der Waals surface area contributed by atoms with Crippen LogP contribution in [-0.4, -0.2) is 66.8 Å². The van der Waals surface area contributed by atoms with Crippen molar-refractivity contribution in [2.75, 3.05) is 33.5 Å². The first-order chi connectivity index (χ1) is 14.7. The molecular formula is C21H22ClN3O5. The second kappa shape index (κ2) is 8.39. The third kappa shape index (κ3) is 3.83. The van der Waals surface area contributed by atoms with Crippen LogP contribution in [0.15, 0.2) is 30.3 Å². The molecular weight excluding hydrogens is 410 g/mol. The highest BCUT2D eigenvalue weighted by Gasteiger charge is 2.43. The SMILES string of the molecule is COCCOc1ccc(-c2nc3nc(OC4COC5CCOC54)[nH]c3cc2Cl)cc1. The number of nitrogens with zero attached hydrogens (tertiary/aromatic N) is 2. The highest BCUT2D eigenvalue weighted by atomic mass is 35.5. The normalized spacial score (nSPS) is 23.1. The smallest absolute Gasteiger partial charge is 0.296 e. The maximum atomic E-state index is 6.49. The Morgan fingerprint density at radius 2 is 2.03 bits per heavy atom. The van der Waals surface area contributed by atoms with Crippen LogP contribution < -0.4 is 9.47 Å². The Bertz CT molecular complexity index is 1030. The van der Waals surface area contributed by atoms with Gasteiger partial charge in [0.25, 0.3) is 6.01 Å². The number of nitrogens with one attached hydrogen (secondary N) is 1. The molecule has 158 valence electrons. The molecule has 3 unspecified atom stereocenters. The molecule has 3 atom stereocenters. The van der Waals surface area contributed by atoms with Crippen molar-refractivity contribution in [3.8, 4) is 23.0 Å². The third-order valence-electron chi connectivity index (χ3n) is 5.27. The number of hydrogen-bond acceptors (Lipinski definition) is 7. The number of ether oxygens (including phenoxy) is 5. The minimum absolute atomic E-state index is 0.0463. The van der Waals surface area contributed by atoms with Crippen molar-refractivity contribution in [2.24, 2.45) is 0 Å². The molecule has 3 aromatic rings. The van der Waals surface area contributed by atoms with Gasteiger partial charge >= 0.3 is 0 Å². The maximum absolute atomic E-state index is 6.49. The van der Waals surface area contributed by atoms with Gasteiger partial charge < -0.3 is 28.7 Å². The lowest BCUT2D eigenvalue weighted by Crippen LogP contribution is -2.32. The molecule has 2 saturated heterocycles. The molecule has 0 saturated carbocycles. The number of pyridine rings is 1. The average molecular weight is 432 g/mol. The first kappa shape index (κ1) is 19.6. The van der Waals surface area contributed by atoms with E-state index in [0.717, 1.165) is 17.7 Å². The summed E-state index contributed by atoms with van der Waals surface area (Å²) in [5.74, 6) is 0.759. The fourth-order valence-corrected chi connectivity index (χ4v) is 4.04. The van der Waals surface area contributed by atoms with Crippen molar-refractivity contribution in [3.63, 3.8) is 0 Å². The van der Waals surface area contributed by atoms with E-state index in [1.54, 1.807) is 7.11 Å². The Labute approximate surface area is 178 Å². The Hall–Kier alpha value is -2.39. The second-order valence-corrected chi connectivity index (χ2v) is 7.66. The van der Waals surface area contributed by atoms with E-state index in [4.69, 9.17) is 35.3 Å². The molecule has 0 spiro atoms. The Balaban J connectivity index is 1.34. The molecule has 2 aliphatic rings. The van der Waals surface area contributed by atoms with Gasteiger partial charge in [-0.3, -0.25) is 0 Å². The quantitative estimate of drug-likeness (QED) is 0.574. The van der Waals surface area contributed by atoms with E-state index >= 15 is 0 Å². The molecule has 0 aliphatic carbocycles. The summed E-state index contributed by atoms with van der Waals surface area (Å²) in [6.07, 6.45) is 0.787. The van der Waals surface area contributed by atoms with Crippen molar-refractivity contribution in [1.29, 1.82) is 0 Å². The Kier molecular flexibility index (Phi) is 5.47. The third-order valence-corrected chi connectivity index (χ3v) is 5.56. The molecule has 2 fully saturated rings. The second-order valence-electron chi connectivity index (χ2n) is 7.25. The van der Waals surface area contributed by atoms with Gasteiger partial charge in [-0.2, -0.15) is 4.98 Å². The van der Waals surface area contributed by atoms with Gasteiger partial charge in [0.15, 0.2) is 11.8 Å². The van der Waals surface area contributed by atoms with Crippen LogP contribution in [-0.2, 0) is 14.2 Å². The summed E-state index contributed by atoms with van der Waals surface area (Å²) >= 11 is 6.49. The molecule has 2 aliphatic heterocycles. The number of halogens is 1. The van der Waals surface area contributed by atoms with Gasteiger partial charge in [0.05, 0.1) is 35.6 Å². The molecule has 0 bridgehead atoms. The van der Waals surface area contributed by atoms with Crippen LogP contribution in [0.4, 0.5) is 0 Å². The van der Waals surface area contributed by atoms with E-state index < -0.39 is 0 Å². The Morgan fingerprint density at radius 1 is 1.17 bits per heavy atom. The van der Waals surface area contributed by atoms with E-state index in [1.807, 2.05) is 30.3 Å². The largest absolute Gasteiger partial charge is 0.491 e. The molecule has 9 heteroatoms. The fourth-order valence-electron chi connectivity index (χ4n) is 3.78. The number of aromatic amines is 1. The van der Waals surface area contributed by atoms with Crippen molar-refractivity contribution < 1.29 is 23.7 Å². The number of H-pyrrole nitrogens is 1. The zero-order valence-corrected chi connectivity index (χ0v) is 17.2. The number of rotatable bonds is 7. The molecule has 1 aromatic carbocycles. The lowest BCUT2D eigenvalue weighted by atomic mass is 10.1. The predicted molar refractivity (Wildman–Crippen MR) is 110 cm³/mol. The summed E-state index contributed by atoms with van der Waals surface area (Å²) in [6, 6.07) is 9.79. The van der Waals surface area contributed by atoms with Gasteiger partial charge in [0.2, 0.25) is 0 Å². The number of methoxy groups -OCH3 is 1. The number of aromatic nitrogens is 3. The van der Waals surface area contributed by atoms with E-state index in [1.165, 1.54) is 0 Å². The molecule has 2 aromatic heterocycles. The van der Waals surface area contributed by atoms with E-state index in [0.29, 0.717) is 54.3 Å². The van der Waals surface area contributed by atoms with E-state index in [9.17, 15) is 0 Å². The first-order valence-electron chi connectivity index (χ1n) is 9.89. The van der Waals surface area contributed by atoms with Crippen molar-refractivity contribution in [3.05, 3.63) is 35.4 Å².